The van der Waals surface area contributed by atoms with Crippen molar-refractivity contribution in [3.8, 4) is 0 Å². The summed E-state index contributed by atoms with van der Waals surface area (Å²) in [4.78, 5) is 18.4. The minimum absolute atomic E-state index is 0.0657. The predicted octanol–water partition coefficient (Wildman–Crippen LogP) is 3.79. The molecule has 0 spiro atoms. The van der Waals surface area contributed by atoms with Crippen LogP contribution in [0.15, 0.2) is 35.3 Å². The number of amidine groups is 1. The highest BCUT2D eigenvalue weighted by molar-refractivity contribution is 7.14. The van der Waals surface area contributed by atoms with E-state index in [2.05, 4.69) is 10.3 Å². The molecule has 1 amide bonds. The Hall–Kier alpha value is -2.41. The fourth-order valence-electron chi connectivity index (χ4n) is 2.97. The van der Waals surface area contributed by atoms with Crippen molar-refractivity contribution < 1.29 is 13.9 Å². The van der Waals surface area contributed by atoms with Gasteiger partial charge in [-0.3, -0.25) is 4.79 Å². The number of aryl methyl sites for hydroxylation is 1. The number of halogens is 1. The van der Waals surface area contributed by atoms with Crippen LogP contribution < -0.4 is 11.1 Å². The number of carbonyl (C=O) groups is 1. The number of hydrogen-bond acceptors (Lipinski definition) is 5. The molecule has 1 aliphatic heterocycles. The van der Waals surface area contributed by atoms with Crippen LogP contribution >= 0.6 is 11.3 Å². The molecule has 0 radical (unpaired) electrons. The fourth-order valence-corrected chi connectivity index (χ4v) is 3.74. The van der Waals surface area contributed by atoms with E-state index >= 15 is 0 Å². The van der Waals surface area contributed by atoms with E-state index in [-0.39, 0.29) is 17.7 Å². The first-order valence-corrected chi connectivity index (χ1v) is 8.91. The zero-order valence-electron chi connectivity index (χ0n) is 14.1. The van der Waals surface area contributed by atoms with Gasteiger partial charge in [0.25, 0.3) is 11.9 Å². The molecule has 0 aliphatic carbocycles. The third-order valence-electron chi connectivity index (χ3n) is 4.36. The molecule has 5 nitrogen and oxygen atoms in total. The summed E-state index contributed by atoms with van der Waals surface area (Å²) in [6.45, 7) is 4.25. The Morgan fingerprint density at radius 1 is 1.44 bits per heavy atom. The number of benzene rings is 1. The van der Waals surface area contributed by atoms with Crippen molar-refractivity contribution in [3.63, 3.8) is 0 Å². The van der Waals surface area contributed by atoms with Crippen molar-refractivity contribution in [2.24, 2.45) is 10.7 Å². The Bertz CT molecular complexity index is 833. The van der Waals surface area contributed by atoms with Crippen LogP contribution in [-0.2, 0) is 10.3 Å². The molecule has 3 N–H and O–H groups in total. The minimum Gasteiger partial charge on any atom is -0.465 e. The van der Waals surface area contributed by atoms with Gasteiger partial charge in [0.2, 0.25) is 0 Å². The highest BCUT2D eigenvalue weighted by Crippen LogP contribution is 2.38. The summed E-state index contributed by atoms with van der Waals surface area (Å²) in [5, 5.41) is 2.82. The van der Waals surface area contributed by atoms with E-state index in [9.17, 15) is 9.18 Å². The molecule has 1 aromatic carbocycles. The van der Waals surface area contributed by atoms with Gasteiger partial charge in [0.1, 0.15) is 5.82 Å². The summed E-state index contributed by atoms with van der Waals surface area (Å²) < 4.78 is 19.7. The number of aliphatic imine (C=N–C) groups is 1. The lowest BCUT2D eigenvalue weighted by molar-refractivity contribution is 0.103. The molecule has 0 saturated heterocycles. The highest BCUT2D eigenvalue weighted by atomic mass is 32.1. The largest absolute Gasteiger partial charge is 0.465 e. The van der Waals surface area contributed by atoms with Gasteiger partial charge in [0, 0.05) is 22.5 Å². The van der Waals surface area contributed by atoms with Crippen LogP contribution in [0, 0.1) is 12.7 Å². The van der Waals surface area contributed by atoms with E-state index in [0.717, 1.165) is 4.88 Å². The van der Waals surface area contributed by atoms with Crippen LogP contribution in [0.5, 0.6) is 0 Å². The van der Waals surface area contributed by atoms with E-state index < -0.39 is 5.54 Å². The van der Waals surface area contributed by atoms with E-state index in [1.165, 1.54) is 17.4 Å². The smallest absolute Gasteiger partial charge is 0.282 e. The maximum atomic E-state index is 14.5. The van der Waals surface area contributed by atoms with Crippen molar-refractivity contribution >= 4 is 29.0 Å². The van der Waals surface area contributed by atoms with Crippen LogP contribution in [-0.4, -0.2) is 18.5 Å². The minimum atomic E-state index is -0.771. The summed E-state index contributed by atoms with van der Waals surface area (Å²) in [6, 6.07) is 8.27. The van der Waals surface area contributed by atoms with Crippen molar-refractivity contribution in [1.29, 1.82) is 0 Å². The number of carbonyl (C=O) groups excluding carboxylic acids is 1. The summed E-state index contributed by atoms with van der Waals surface area (Å²) in [6.07, 6.45) is 1.11. The van der Waals surface area contributed by atoms with Crippen LogP contribution in [0.25, 0.3) is 0 Å². The molecule has 25 heavy (non-hydrogen) atoms. The SMILES string of the molecule is CC[C@@]1(c2cc(NC(=O)c3ccc(C)s3)ccc2F)CCOC(N)=N1. The second kappa shape index (κ2) is 6.84. The van der Waals surface area contributed by atoms with Crippen molar-refractivity contribution in [2.45, 2.75) is 32.2 Å². The van der Waals surface area contributed by atoms with Gasteiger partial charge in [-0.25, -0.2) is 9.38 Å². The average Bonchev–Trinajstić information content (AvgIpc) is 3.03. The number of nitrogens with zero attached hydrogens (tertiary/aromatic N) is 1. The fraction of sp³-hybridized carbons (Fsp3) is 0.333. The zero-order valence-corrected chi connectivity index (χ0v) is 15.0. The summed E-state index contributed by atoms with van der Waals surface area (Å²) in [5.74, 6) is -0.582. The lowest BCUT2D eigenvalue weighted by Gasteiger charge is -2.33. The third kappa shape index (κ3) is 3.51. The normalized spacial score (nSPS) is 19.9. The Morgan fingerprint density at radius 3 is 2.88 bits per heavy atom. The molecular weight excluding hydrogens is 341 g/mol. The molecule has 2 aromatic rings. The second-order valence-corrected chi connectivity index (χ2v) is 7.28. The maximum absolute atomic E-state index is 14.5. The first-order chi connectivity index (χ1) is 11.9. The first kappa shape index (κ1) is 17.4. The van der Waals surface area contributed by atoms with Gasteiger partial charge in [-0.05, 0) is 43.7 Å². The van der Waals surface area contributed by atoms with Crippen LogP contribution in [0.4, 0.5) is 10.1 Å². The number of amides is 1. The summed E-state index contributed by atoms with van der Waals surface area (Å²) in [5.41, 5.74) is 5.88. The van der Waals surface area contributed by atoms with Gasteiger partial charge in [-0.15, -0.1) is 11.3 Å². The standard InChI is InChI=1S/C18H20FN3O2S/c1-3-18(8-9-24-17(20)22-18)13-10-12(5-6-14(13)19)21-16(23)15-7-4-11(2)25-15/h4-7,10H,3,8-9H2,1-2H3,(H2,20,22)(H,21,23)/t18-/m0/s1. The molecule has 7 heteroatoms. The molecule has 3 rings (SSSR count). The molecule has 0 bridgehead atoms. The van der Waals surface area contributed by atoms with Gasteiger partial charge < -0.3 is 15.8 Å². The molecule has 0 saturated carbocycles. The second-order valence-electron chi connectivity index (χ2n) is 5.99. The van der Waals surface area contributed by atoms with Gasteiger partial charge in [-0.2, -0.15) is 0 Å². The van der Waals surface area contributed by atoms with E-state index in [1.807, 2.05) is 19.9 Å². The van der Waals surface area contributed by atoms with E-state index in [4.69, 9.17) is 10.5 Å². The molecular formula is C18H20FN3O2S. The van der Waals surface area contributed by atoms with Crippen LogP contribution in [0.3, 0.4) is 0 Å². The number of nitrogens with two attached hydrogens (primary N) is 1. The number of anilines is 1. The van der Waals surface area contributed by atoms with Crippen molar-refractivity contribution in [2.75, 3.05) is 11.9 Å². The first-order valence-electron chi connectivity index (χ1n) is 8.09. The third-order valence-corrected chi connectivity index (χ3v) is 5.36. The number of ether oxygens (including phenoxy) is 1. The lowest BCUT2D eigenvalue weighted by atomic mass is 9.84. The lowest BCUT2D eigenvalue weighted by Crippen LogP contribution is -2.36. The van der Waals surface area contributed by atoms with Gasteiger partial charge in [0.05, 0.1) is 17.0 Å². The maximum Gasteiger partial charge on any atom is 0.282 e. The molecule has 1 aromatic heterocycles. The zero-order chi connectivity index (χ0) is 18.0. The summed E-state index contributed by atoms with van der Waals surface area (Å²) in [7, 11) is 0. The molecule has 2 heterocycles. The van der Waals surface area contributed by atoms with Gasteiger partial charge >= 0.3 is 0 Å². The van der Waals surface area contributed by atoms with E-state index in [1.54, 1.807) is 18.2 Å². The van der Waals surface area contributed by atoms with Gasteiger partial charge in [-0.1, -0.05) is 6.92 Å². The molecule has 1 atom stereocenters. The Labute approximate surface area is 149 Å². The number of thiophene rings is 1. The highest BCUT2D eigenvalue weighted by Gasteiger charge is 2.36. The molecule has 132 valence electrons. The van der Waals surface area contributed by atoms with Crippen LogP contribution in [0.1, 0.15) is 39.9 Å². The summed E-state index contributed by atoms with van der Waals surface area (Å²) >= 11 is 1.41. The Balaban J connectivity index is 1.93. The monoisotopic (exact) mass is 361 g/mol. The number of nitrogens with one attached hydrogen (secondary N) is 1. The van der Waals surface area contributed by atoms with Crippen LogP contribution in [0.2, 0.25) is 0 Å². The number of rotatable bonds is 4. The predicted molar refractivity (Wildman–Crippen MR) is 97.6 cm³/mol. The van der Waals surface area contributed by atoms with Crippen molar-refractivity contribution in [3.05, 3.63) is 51.5 Å². The van der Waals surface area contributed by atoms with Crippen molar-refractivity contribution in [1.82, 2.24) is 0 Å². The van der Waals surface area contributed by atoms with Gasteiger partial charge in [0.15, 0.2) is 0 Å². The number of hydrogen-bond donors (Lipinski definition) is 2. The quantitative estimate of drug-likeness (QED) is 0.870. The molecule has 0 fully saturated rings. The topological polar surface area (TPSA) is 76.7 Å². The molecule has 0 unspecified atom stereocenters. The molecule has 1 aliphatic rings. The average molecular weight is 361 g/mol. The van der Waals surface area contributed by atoms with E-state index in [0.29, 0.717) is 35.6 Å². The Kier molecular flexibility index (Phi) is 4.76. The Morgan fingerprint density at radius 2 is 2.24 bits per heavy atom.